The zero-order valence-corrected chi connectivity index (χ0v) is 9.67. The van der Waals surface area contributed by atoms with Crippen LogP contribution in [0.5, 0.6) is 0 Å². The highest BCUT2D eigenvalue weighted by molar-refractivity contribution is 5.38. The molecule has 1 aromatic carbocycles. The molecule has 0 saturated heterocycles. The Labute approximate surface area is 99.7 Å². The summed E-state index contributed by atoms with van der Waals surface area (Å²) in [6.07, 6.45) is 0.986. The van der Waals surface area contributed by atoms with Crippen molar-refractivity contribution in [2.75, 3.05) is 11.1 Å². The molecule has 0 amide bonds. The molecular formula is C12H15N5. The quantitative estimate of drug-likeness (QED) is 0.780. The largest absolute Gasteiger partial charge is 0.366 e. The maximum atomic E-state index is 5.66. The molecule has 0 fully saturated rings. The maximum absolute atomic E-state index is 5.66. The fraction of sp³-hybridized carbons (Fsp3) is 0.333. The minimum atomic E-state index is 0.215. The van der Waals surface area contributed by atoms with Crippen LogP contribution in [-0.2, 0) is 0 Å². The summed E-state index contributed by atoms with van der Waals surface area (Å²) in [6, 6.07) is 10.9. The Morgan fingerprint density at radius 1 is 1.35 bits per heavy atom. The lowest BCUT2D eigenvalue weighted by Crippen LogP contribution is -2.31. The number of nitrogens with one attached hydrogen (secondary N) is 1. The van der Waals surface area contributed by atoms with Gasteiger partial charge in [-0.2, -0.15) is 4.98 Å². The van der Waals surface area contributed by atoms with Crippen LogP contribution in [0.2, 0.25) is 0 Å². The van der Waals surface area contributed by atoms with E-state index in [1.165, 1.54) is 5.56 Å². The van der Waals surface area contributed by atoms with Crippen LogP contribution in [0.4, 0.5) is 11.9 Å². The molecule has 1 aliphatic heterocycles. The van der Waals surface area contributed by atoms with Gasteiger partial charge in [0.25, 0.3) is 0 Å². The first kappa shape index (κ1) is 10.1. The van der Waals surface area contributed by atoms with Crippen molar-refractivity contribution in [1.82, 2.24) is 14.8 Å². The highest BCUT2D eigenvalue weighted by Crippen LogP contribution is 2.31. The molecule has 0 spiro atoms. The van der Waals surface area contributed by atoms with Crippen molar-refractivity contribution in [2.24, 2.45) is 0 Å². The molecule has 17 heavy (non-hydrogen) atoms. The van der Waals surface area contributed by atoms with Crippen molar-refractivity contribution in [3.63, 3.8) is 0 Å². The molecule has 5 nitrogen and oxygen atoms in total. The lowest BCUT2D eigenvalue weighted by atomic mass is 9.99. The number of anilines is 2. The van der Waals surface area contributed by atoms with E-state index in [1.54, 1.807) is 0 Å². The van der Waals surface area contributed by atoms with E-state index < -0.39 is 0 Å². The van der Waals surface area contributed by atoms with E-state index in [0.717, 1.165) is 12.4 Å². The second-order valence-corrected chi connectivity index (χ2v) is 4.45. The van der Waals surface area contributed by atoms with E-state index in [1.807, 2.05) is 22.9 Å². The maximum Gasteiger partial charge on any atom is 0.241 e. The minimum absolute atomic E-state index is 0.215. The van der Waals surface area contributed by atoms with Crippen molar-refractivity contribution < 1.29 is 0 Å². The second kappa shape index (κ2) is 3.76. The number of hydrogen-bond donors (Lipinski definition) is 2. The molecule has 1 aromatic heterocycles. The average molecular weight is 229 g/mol. The van der Waals surface area contributed by atoms with Gasteiger partial charge in [0.2, 0.25) is 11.9 Å². The lowest BCUT2D eigenvalue weighted by molar-refractivity contribution is 0.438. The molecule has 0 unspecified atom stereocenters. The number of benzene rings is 1. The Bertz CT molecular complexity index is 519. The summed E-state index contributed by atoms with van der Waals surface area (Å²) in [4.78, 5) is 4.20. The molecule has 2 atom stereocenters. The lowest BCUT2D eigenvalue weighted by Gasteiger charge is -2.29. The Kier molecular flexibility index (Phi) is 2.24. The third-order valence-corrected chi connectivity index (χ3v) is 3.08. The van der Waals surface area contributed by atoms with Crippen molar-refractivity contribution in [3.8, 4) is 0 Å². The number of hydrogen-bond acceptors (Lipinski definition) is 4. The van der Waals surface area contributed by atoms with Gasteiger partial charge in [-0.1, -0.05) is 30.3 Å². The number of nitrogens with two attached hydrogens (primary N) is 1. The van der Waals surface area contributed by atoms with Crippen molar-refractivity contribution in [2.45, 2.75) is 25.4 Å². The Balaban J connectivity index is 2.06. The summed E-state index contributed by atoms with van der Waals surface area (Å²) in [5.41, 5.74) is 6.90. The molecule has 0 saturated carbocycles. The van der Waals surface area contributed by atoms with Crippen molar-refractivity contribution in [1.29, 1.82) is 0 Å². The first-order valence-electron chi connectivity index (χ1n) is 5.77. The topological polar surface area (TPSA) is 68.8 Å². The van der Waals surface area contributed by atoms with E-state index in [9.17, 15) is 0 Å². The molecule has 2 aromatic rings. The molecule has 3 N–H and O–H groups in total. The minimum Gasteiger partial charge on any atom is -0.366 e. The Morgan fingerprint density at radius 3 is 2.88 bits per heavy atom. The highest BCUT2D eigenvalue weighted by atomic mass is 15.4. The molecule has 0 aliphatic carbocycles. The van der Waals surface area contributed by atoms with Crippen LogP contribution in [-0.4, -0.2) is 20.8 Å². The predicted molar refractivity (Wildman–Crippen MR) is 66.7 cm³/mol. The van der Waals surface area contributed by atoms with Crippen LogP contribution in [0.3, 0.4) is 0 Å². The standard InChI is InChI=1S/C12H15N5/c1-8-7-10(9-5-3-2-4-6-9)17-12(14-8)15-11(13)16-17/h2-6,8,10H,7H2,1H3,(H3,13,14,15,16)/t8-,10+/m0/s1. The van der Waals surface area contributed by atoms with Crippen LogP contribution < -0.4 is 11.1 Å². The molecule has 2 heterocycles. The first-order valence-corrected chi connectivity index (χ1v) is 5.77. The monoisotopic (exact) mass is 229 g/mol. The third-order valence-electron chi connectivity index (χ3n) is 3.08. The van der Waals surface area contributed by atoms with E-state index in [4.69, 9.17) is 5.73 Å². The van der Waals surface area contributed by atoms with E-state index in [0.29, 0.717) is 12.0 Å². The van der Waals surface area contributed by atoms with Gasteiger partial charge in [-0.3, -0.25) is 0 Å². The second-order valence-electron chi connectivity index (χ2n) is 4.45. The smallest absolute Gasteiger partial charge is 0.241 e. The first-order chi connectivity index (χ1) is 8.24. The molecule has 5 heteroatoms. The molecule has 0 bridgehead atoms. The summed E-state index contributed by atoms with van der Waals surface area (Å²) in [5.74, 6) is 1.08. The number of nitrogens with zero attached hydrogens (tertiary/aromatic N) is 3. The van der Waals surface area contributed by atoms with Gasteiger partial charge in [0.05, 0.1) is 6.04 Å². The number of fused-ring (bicyclic) bond motifs is 1. The van der Waals surface area contributed by atoms with Crippen LogP contribution in [0.15, 0.2) is 30.3 Å². The third kappa shape index (κ3) is 1.73. The van der Waals surface area contributed by atoms with Gasteiger partial charge in [0.1, 0.15) is 0 Å². The number of nitrogen functional groups attached to an aromatic ring is 1. The Morgan fingerprint density at radius 2 is 2.12 bits per heavy atom. The average Bonchev–Trinajstić information content (AvgIpc) is 2.69. The van der Waals surface area contributed by atoms with E-state index >= 15 is 0 Å². The van der Waals surface area contributed by atoms with Gasteiger partial charge in [0.15, 0.2) is 0 Å². The van der Waals surface area contributed by atoms with Gasteiger partial charge in [-0.15, -0.1) is 5.10 Å². The van der Waals surface area contributed by atoms with Gasteiger partial charge >= 0.3 is 0 Å². The normalized spacial score (nSPS) is 22.9. The summed E-state index contributed by atoms with van der Waals surface area (Å²) in [5, 5.41) is 7.55. The fourth-order valence-corrected chi connectivity index (χ4v) is 2.32. The fourth-order valence-electron chi connectivity index (χ4n) is 2.32. The highest BCUT2D eigenvalue weighted by Gasteiger charge is 2.27. The zero-order valence-electron chi connectivity index (χ0n) is 9.67. The van der Waals surface area contributed by atoms with E-state index in [2.05, 4.69) is 34.5 Å². The summed E-state index contributed by atoms with van der Waals surface area (Å²) in [6.45, 7) is 2.14. The number of aromatic nitrogens is 3. The predicted octanol–water partition coefficient (Wildman–Crippen LogP) is 1.65. The van der Waals surface area contributed by atoms with Crippen LogP contribution >= 0.6 is 0 Å². The summed E-state index contributed by atoms with van der Waals surface area (Å²) >= 11 is 0. The molecule has 1 aliphatic rings. The van der Waals surface area contributed by atoms with Crippen molar-refractivity contribution in [3.05, 3.63) is 35.9 Å². The molecular weight excluding hydrogens is 214 g/mol. The van der Waals surface area contributed by atoms with Crippen molar-refractivity contribution >= 4 is 11.9 Å². The van der Waals surface area contributed by atoms with Gasteiger partial charge in [-0.05, 0) is 18.9 Å². The Hall–Kier alpha value is -2.04. The molecule has 0 radical (unpaired) electrons. The molecule has 3 rings (SSSR count). The molecule has 88 valence electrons. The van der Waals surface area contributed by atoms with Crippen LogP contribution in [0, 0.1) is 0 Å². The zero-order chi connectivity index (χ0) is 11.8. The van der Waals surface area contributed by atoms with Gasteiger partial charge in [-0.25, -0.2) is 4.68 Å². The van der Waals surface area contributed by atoms with Gasteiger partial charge in [0, 0.05) is 6.04 Å². The van der Waals surface area contributed by atoms with Crippen LogP contribution in [0.1, 0.15) is 24.9 Å². The van der Waals surface area contributed by atoms with Crippen LogP contribution in [0.25, 0.3) is 0 Å². The van der Waals surface area contributed by atoms with E-state index in [-0.39, 0.29) is 6.04 Å². The number of rotatable bonds is 1. The van der Waals surface area contributed by atoms with Gasteiger partial charge < -0.3 is 11.1 Å². The SMILES string of the molecule is C[C@H]1C[C@H](c2ccccc2)n2nc(N)nc2N1. The summed E-state index contributed by atoms with van der Waals surface area (Å²) in [7, 11) is 0. The summed E-state index contributed by atoms with van der Waals surface area (Å²) < 4.78 is 1.88.